The van der Waals surface area contributed by atoms with Crippen molar-refractivity contribution in [1.29, 1.82) is 0 Å². The molecule has 0 N–H and O–H groups in total. The second kappa shape index (κ2) is 12.9. The summed E-state index contributed by atoms with van der Waals surface area (Å²) in [6.07, 6.45) is 3.84. The van der Waals surface area contributed by atoms with Gasteiger partial charge in [0.15, 0.2) is 4.80 Å². The molecule has 5 rings (SSSR count). The molecule has 0 saturated carbocycles. The van der Waals surface area contributed by atoms with Crippen LogP contribution in [0.4, 0.5) is 0 Å². The molecule has 1 aliphatic heterocycles. The number of halogens is 2. The highest BCUT2D eigenvalue weighted by molar-refractivity contribution is 9.10. The van der Waals surface area contributed by atoms with Crippen LogP contribution < -0.4 is 19.6 Å². The van der Waals surface area contributed by atoms with E-state index in [4.69, 9.17) is 9.47 Å². The minimum absolute atomic E-state index is 0.214. The first kappa shape index (κ1) is 29.6. The topological polar surface area (TPSA) is 69.9 Å². The van der Waals surface area contributed by atoms with Crippen molar-refractivity contribution in [3.05, 3.63) is 123 Å². The van der Waals surface area contributed by atoms with Crippen LogP contribution in [0.1, 0.15) is 36.6 Å². The molecular weight excluding hydrogens is 688 g/mol. The van der Waals surface area contributed by atoms with Gasteiger partial charge in [0.1, 0.15) is 12.4 Å². The number of esters is 1. The van der Waals surface area contributed by atoms with E-state index in [1.165, 1.54) is 11.3 Å². The Labute approximate surface area is 262 Å². The van der Waals surface area contributed by atoms with Crippen molar-refractivity contribution in [1.82, 2.24) is 4.57 Å². The highest BCUT2D eigenvalue weighted by atomic mass is 79.9. The lowest BCUT2D eigenvalue weighted by molar-refractivity contribution is -0.139. The Morgan fingerprint density at radius 2 is 1.83 bits per heavy atom. The van der Waals surface area contributed by atoms with Gasteiger partial charge in [-0.15, -0.1) is 11.8 Å². The van der Waals surface area contributed by atoms with Crippen molar-refractivity contribution < 1.29 is 14.3 Å². The Balaban J connectivity index is 1.51. The monoisotopic (exact) mass is 712 g/mol. The van der Waals surface area contributed by atoms with E-state index in [-0.39, 0.29) is 12.2 Å². The third kappa shape index (κ3) is 6.45. The van der Waals surface area contributed by atoms with Crippen molar-refractivity contribution in [2.24, 2.45) is 4.99 Å². The summed E-state index contributed by atoms with van der Waals surface area (Å²) in [5.41, 5.74) is 3.42. The summed E-state index contributed by atoms with van der Waals surface area (Å²) in [6, 6.07) is 20.9. The number of thiazole rings is 1. The Morgan fingerprint density at radius 1 is 1.10 bits per heavy atom. The Morgan fingerprint density at radius 3 is 2.49 bits per heavy atom. The SMILES string of the molecule is CCOC(=O)C1=C(C)N=c2s/c(=C\c3ccc(OCc4ccc(Br)cc4)c(Br)c3)c(=O)n2[C@H]1c1ccc(SC)cc1. The second-order valence-electron chi connectivity index (χ2n) is 9.18. The van der Waals surface area contributed by atoms with Crippen LogP contribution >= 0.6 is 55.0 Å². The Bertz CT molecular complexity index is 1810. The summed E-state index contributed by atoms with van der Waals surface area (Å²) in [7, 11) is 0. The van der Waals surface area contributed by atoms with E-state index in [9.17, 15) is 9.59 Å². The summed E-state index contributed by atoms with van der Waals surface area (Å²) < 4.78 is 15.3. The first-order valence-corrected chi connectivity index (χ1v) is 16.4. The molecule has 0 unspecified atom stereocenters. The van der Waals surface area contributed by atoms with Crippen molar-refractivity contribution in [3.63, 3.8) is 0 Å². The van der Waals surface area contributed by atoms with Gasteiger partial charge in [0.25, 0.3) is 5.56 Å². The predicted octanol–water partition coefficient (Wildman–Crippen LogP) is 6.62. The molecule has 0 radical (unpaired) electrons. The van der Waals surface area contributed by atoms with E-state index in [1.54, 1.807) is 30.2 Å². The number of ether oxygens (including phenoxy) is 2. The third-order valence-electron chi connectivity index (χ3n) is 6.51. The molecule has 41 heavy (non-hydrogen) atoms. The lowest BCUT2D eigenvalue weighted by Crippen LogP contribution is -2.39. The molecular formula is C31H26Br2N2O4S2. The molecule has 10 heteroatoms. The highest BCUT2D eigenvalue weighted by Crippen LogP contribution is 2.32. The van der Waals surface area contributed by atoms with Crippen LogP contribution in [0.3, 0.4) is 0 Å². The first-order valence-electron chi connectivity index (χ1n) is 12.8. The van der Waals surface area contributed by atoms with Crippen LogP contribution in [0.25, 0.3) is 6.08 Å². The average molecular weight is 715 g/mol. The van der Waals surface area contributed by atoms with Crippen LogP contribution in [0.2, 0.25) is 0 Å². The summed E-state index contributed by atoms with van der Waals surface area (Å²) in [6.45, 7) is 4.22. The molecule has 210 valence electrons. The number of hydrogen-bond donors (Lipinski definition) is 0. The second-order valence-corrected chi connectivity index (χ2v) is 12.8. The molecule has 0 aliphatic carbocycles. The van der Waals surface area contributed by atoms with Gasteiger partial charge in [0.05, 0.1) is 32.9 Å². The number of thioether (sulfide) groups is 1. The van der Waals surface area contributed by atoms with Crippen LogP contribution in [0.5, 0.6) is 5.75 Å². The van der Waals surface area contributed by atoms with Crippen molar-refractivity contribution >= 4 is 67.0 Å². The van der Waals surface area contributed by atoms with E-state index >= 15 is 0 Å². The molecule has 0 fully saturated rings. The van der Waals surface area contributed by atoms with Gasteiger partial charge < -0.3 is 9.47 Å². The van der Waals surface area contributed by atoms with Gasteiger partial charge in [-0.1, -0.05) is 57.6 Å². The Hall–Kier alpha value is -2.92. The highest BCUT2D eigenvalue weighted by Gasteiger charge is 2.33. The van der Waals surface area contributed by atoms with Crippen molar-refractivity contribution in [2.45, 2.75) is 31.4 Å². The summed E-state index contributed by atoms with van der Waals surface area (Å²) in [5.74, 6) is 0.236. The number of allylic oxidation sites excluding steroid dienone is 1. The number of benzene rings is 3. The molecule has 1 atom stereocenters. The van der Waals surface area contributed by atoms with Gasteiger partial charge in [-0.3, -0.25) is 9.36 Å². The zero-order chi connectivity index (χ0) is 29.1. The van der Waals surface area contributed by atoms with Crippen molar-refractivity contribution in [2.75, 3.05) is 12.9 Å². The number of carbonyl (C=O) groups excluding carboxylic acids is 1. The largest absolute Gasteiger partial charge is 0.488 e. The van der Waals surface area contributed by atoms with E-state index < -0.39 is 12.0 Å². The normalized spacial score (nSPS) is 15.0. The molecule has 2 heterocycles. The maximum atomic E-state index is 13.9. The van der Waals surface area contributed by atoms with Gasteiger partial charge >= 0.3 is 5.97 Å². The summed E-state index contributed by atoms with van der Waals surface area (Å²) >= 11 is 9.99. The number of nitrogens with zero attached hydrogens (tertiary/aromatic N) is 2. The van der Waals surface area contributed by atoms with Crippen molar-refractivity contribution in [3.8, 4) is 5.75 Å². The molecule has 1 aromatic heterocycles. The maximum Gasteiger partial charge on any atom is 0.338 e. The molecule has 0 saturated heterocycles. The smallest absolute Gasteiger partial charge is 0.338 e. The van der Waals surface area contributed by atoms with E-state index in [0.717, 1.165) is 30.5 Å². The predicted molar refractivity (Wildman–Crippen MR) is 171 cm³/mol. The summed E-state index contributed by atoms with van der Waals surface area (Å²) in [4.78, 5) is 33.2. The van der Waals surface area contributed by atoms with Gasteiger partial charge in [0.2, 0.25) is 0 Å². The van der Waals surface area contributed by atoms with Gasteiger partial charge in [0, 0.05) is 9.37 Å². The average Bonchev–Trinajstić information content (AvgIpc) is 3.26. The Kier molecular flexibility index (Phi) is 9.33. The minimum atomic E-state index is -0.635. The number of aromatic nitrogens is 1. The standard InChI is InChI=1S/C31H26Br2N2O4S2/c1-4-38-30(37)27-18(2)34-31-35(28(27)21-8-12-23(40-3)13-9-21)29(36)26(41-31)16-20-7-14-25(24(33)15-20)39-17-19-5-10-22(32)11-6-19/h5-16,28H,4,17H2,1-3H3/b26-16-/t28-/m0/s1. The number of hydrogen-bond acceptors (Lipinski definition) is 7. The molecule has 3 aromatic carbocycles. The summed E-state index contributed by atoms with van der Waals surface area (Å²) in [5, 5.41) is 0. The van der Waals surface area contributed by atoms with Crippen LogP contribution in [-0.4, -0.2) is 23.4 Å². The van der Waals surface area contributed by atoms with Crippen LogP contribution in [0.15, 0.2) is 102 Å². The van der Waals surface area contributed by atoms with Gasteiger partial charge in [-0.05, 0) is 95.2 Å². The van der Waals surface area contributed by atoms with Gasteiger partial charge in [-0.25, -0.2) is 9.79 Å². The molecule has 0 bridgehead atoms. The maximum absolute atomic E-state index is 13.9. The fourth-order valence-electron chi connectivity index (χ4n) is 4.51. The fraction of sp³-hybridized carbons (Fsp3) is 0.194. The molecule has 6 nitrogen and oxygen atoms in total. The number of rotatable bonds is 8. The molecule has 0 spiro atoms. The van der Waals surface area contributed by atoms with E-state index in [0.29, 0.717) is 33.0 Å². The van der Waals surface area contributed by atoms with E-state index in [1.807, 2.05) is 79.1 Å². The number of fused-ring (bicyclic) bond motifs is 1. The third-order valence-corrected chi connectivity index (χ3v) is 9.38. The lowest BCUT2D eigenvalue weighted by atomic mass is 9.96. The number of carbonyl (C=O) groups is 1. The molecule has 1 aliphatic rings. The van der Waals surface area contributed by atoms with Crippen LogP contribution in [-0.2, 0) is 16.1 Å². The molecule has 0 amide bonds. The minimum Gasteiger partial charge on any atom is -0.488 e. The first-order chi connectivity index (χ1) is 19.8. The lowest BCUT2D eigenvalue weighted by Gasteiger charge is -2.24. The fourth-order valence-corrected chi connectivity index (χ4v) is 6.74. The zero-order valence-corrected chi connectivity index (χ0v) is 27.3. The van der Waals surface area contributed by atoms with E-state index in [2.05, 4.69) is 36.9 Å². The zero-order valence-electron chi connectivity index (χ0n) is 22.5. The quantitative estimate of drug-likeness (QED) is 0.152. The van der Waals surface area contributed by atoms with Gasteiger partial charge in [-0.2, -0.15) is 0 Å². The van der Waals surface area contributed by atoms with Crippen LogP contribution in [0, 0.1) is 0 Å². The molecule has 4 aromatic rings.